The van der Waals surface area contributed by atoms with E-state index in [1.54, 1.807) is 6.92 Å². The van der Waals surface area contributed by atoms with Crippen molar-refractivity contribution in [1.29, 1.82) is 0 Å². The fourth-order valence-corrected chi connectivity index (χ4v) is 1.62. The molecule has 2 N–H and O–H groups in total. The summed E-state index contributed by atoms with van der Waals surface area (Å²) in [5, 5.41) is 0.796. The van der Waals surface area contributed by atoms with Crippen molar-refractivity contribution >= 4 is 22.6 Å². The minimum atomic E-state index is -0.396. The molecule has 2 aromatic rings. The predicted octanol–water partition coefficient (Wildman–Crippen LogP) is 2.05. The molecule has 0 saturated heterocycles. The van der Waals surface area contributed by atoms with Crippen LogP contribution in [0.1, 0.15) is 12.6 Å². The number of para-hydroxylation sites is 1. The number of pyridine rings is 1. The number of hydrogen-bond donors (Lipinski definition) is 1. The Morgan fingerprint density at radius 3 is 2.75 bits per heavy atom. The van der Waals surface area contributed by atoms with Gasteiger partial charge in [0.15, 0.2) is 5.75 Å². The van der Waals surface area contributed by atoms with Crippen molar-refractivity contribution in [2.45, 2.75) is 13.8 Å². The predicted molar refractivity (Wildman–Crippen MR) is 62.2 cm³/mol. The van der Waals surface area contributed by atoms with E-state index in [0.717, 1.165) is 10.9 Å². The SMILES string of the molecule is CC(=O)Oc1c(C)nc2ccccc2c1N. The zero-order valence-electron chi connectivity index (χ0n) is 9.15. The van der Waals surface area contributed by atoms with E-state index in [2.05, 4.69) is 4.98 Å². The topological polar surface area (TPSA) is 65.2 Å². The quantitative estimate of drug-likeness (QED) is 0.741. The smallest absolute Gasteiger partial charge is 0.308 e. The molecule has 1 heterocycles. The van der Waals surface area contributed by atoms with Crippen molar-refractivity contribution in [3.8, 4) is 5.75 Å². The van der Waals surface area contributed by atoms with Crippen LogP contribution in [0, 0.1) is 6.92 Å². The first kappa shape index (κ1) is 10.4. The molecule has 0 fully saturated rings. The number of ether oxygens (including phenoxy) is 1. The minimum absolute atomic E-state index is 0.353. The Morgan fingerprint density at radius 1 is 1.38 bits per heavy atom. The van der Waals surface area contributed by atoms with Crippen LogP contribution >= 0.6 is 0 Å². The molecule has 0 spiro atoms. The highest BCUT2D eigenvalue weighted by Gasteiger charge is 2.12. The van der Waals surface area contributed by atoms with Gasteiger partial charge in [-0.2, -0.15) is 0 Å². The zero-order valence-corrected chi connectivity index (χ0v) is 9.15. The maximum absolute atomic E-state index is 10.9. The number of hydrogen-bond acceptors (Lipinski definition) is 4. The molecular weight excluding hydrogens is 204 g/mol. The van der Waals surface area contributed by atoms with Crippen LogP contribution in [-0.4, -0.2) is 11.0 Å². The molecule has 4 nitrogen and oxygen atoms in total. The van der Waals surface area contributed by atoms with E-state index in [1.807, 2.05) is 24.3 Å². The molecule has 0 amide bonds. The lowest BCUT2D eigenvalue weighted by Gasteiger charge is -2.10. The number of rotatable bonds is 1. The number of carbonyl (C=O) groups excluding carboxylic acids is 1. The maximum atomic E-state index is 10.9. The molecule has 1 aromatic carbocycles. The van der Waals surface area contributed by atoms with Gasteiger partial charge >= 0.3 is 5.97 Å². The van der Waals surface area contributed by atoms with Crippen molar-refractivity contribution in [2.24, 2.45) is 0 Å². The van der Waals surface area contributed by atoms with Gasteiger partial charge in [-0.05, 0) is 13.0 Å². The normalized spacial score (nSPS) is 10.4. The summed E-state index contributed by atoms with van der Waals surface area (Å²) in [4.78, 5) is 15.3. The van der Waals surface area contributed by atoms with E-state index in [9.17, 15) is 4.79 Å². The van der Waals surface area contributed by atoms with E-state index < -0.39 is 5.97 Å². The summed E-state index contributed by atoms with van der Waals surface area (Å²) in [7, 11) is 0. The summed E-state index contributed by atoms with van der Waals surface area (Å²) in [6.07, 6.45) is 0. The standard InChI is InChI=1S/C12H12N2O2/c1-7-12(16-8(2)15)11(13)9-5-3-4-6-10(9)14-7/h3-6H,1-2H3,(H2,13,14). The molecule has 1 aromatic heterocycles. The van der Waals surface area contributed by atoms with Gasteiger partial charge in [0.2, 0.25) is 0 Å². The van der Waals surface area contributed by atoms with E-state index >= 15 is 0 Å². The lowest BCUT2D eigenvalue weighted by molar-refractivity contribution is -0.131. The van der Waals surface area contributed by atoms with Crippen molar-refractivity contribution in [1.82, 2.24) is 4.98 Å². The van der Waals surface area contributed by atoms with Crippen molar-refractivity contribution in [3.05, 3.63) is 30.0 Å². The van der Waals surface area contributed by atoms with Gasteiger partial charge < -0.3 is 10.5 Å². The zero-order chi connectivity index (χ0) is 11.7. The maximum Gasteiger partial charge on any atom is 0.308 e. The van der Waals surface area contributed by atoms with Crippen LogP contribution in [-0.2, 0) is 4.79 Å². The largest absolute Gasteiger partial charge is 0.423 e. The third-order valence-electron chi connectivity index (χ3n) is 2.30. The Kier molecular flexibility index (Phi) is 2.48. The lowest BCUT2D eigenvalue weighted by Crippen LogP contribution is -2.07. The molecule has 0 saturated carbocycles. The number of nitrogen functional groups attached to an aromatic ring is 1. The molecule has 0 aliphatic rings. The first-order valence-corrected chi connectivity index (χ1v) is 4.93. The van der Waals surface area contributed by atoms with Crippen molar-refractivity contribution < 1.29 is 9.53 Å². The number of carbonyl (C=O) groups is 1. The Hall–Kier alpha value is -2.10. The summed E-state index contributed by atoms with van der Waals surface area (Å²) in [6.45, 7) is 3.11. The van der Waals surface area contributed by atoms with Gasteiger partial charge in [0.25, 0.3) is 0 Å². The first-order chi connectivity index (χ1) is 7.59. The molecule has 4 heteroatoms. The highest BCUT2D eigenvalue weighted by atomic mass is 16.5. The number of fused-ring (bicyclic) bond motifs is 1. The molecule has 0 unspecified atom stereocenters. The molecule has 0 aliphatic carbocycles. The molecule has 0 atom stereocenters. The summed E-state index contributed by atoms with van der Waals surface area (Å²) >= 11 is 0. The minimum Gasteiger partial charge on any atom is -0.423 e. The fourth-order valence-electron chi connectivity index (χ4n) is 1.62. The average molecular weight is 216 g/mol. The number of aromatic nitrogens is 1. The van der Waals surface area contributed by atoms with Gasteiger partial charge in [0, 0.05) is 12.3 Å². The Labute approximate surface area is 93.0 Å². The van der Waals surface area contributed by atoms with Crippen LogP contribution in [0.15, 0.2) is 24.3 Å². The van der Waals surface area contributed by atoms with Gasteiger partial charge in [-0.1, -0.05) is 18.2 Å². The number of esters is 1. The van der Waals surface area contributed by atoms with Gasteiger partial charge in [-0.25, -0.2) is 4.98 Å². The van der Waals surface area contributed by atoms with Gasteiger partial charge in [0.1, 0.15) is 0 Å². The summed E-state index contributed by atoms with van der Waals surface area (Å²) < 4.78 is 5.06. The highest BCUT2D eigenvalue weighted by Crippen LogP contribution is 2.31. The molecule has 0 aliphatic heterocycles. The first-order valence-electron chi connectivity index (χ1n) is 4.93. The van der Waals surface area contributed by atoms with Crippen LogP contribution in [0.2, 0.25) is 0 Å². The van der Waals surface area contributed by atoms with Crippen LogP contribution in [0.4, 0.5) is 5.69 Å². The molecule has 2 rings (SSSR count). The van der Waals surface area contributed by atoms with Crippen LogP contribution < -0.4 is 10.5 Å². The van der Waals surface area contributed by atoms with Crippen LogP contribution in [0.25, 0.3) is 10.9 Å². The number of anilines is 1. The fraction of sp³-hybridized carbons (Fsp3) is 0.167. The number of nitrogens with zero attached hydrogens (tertiary/aromatic N) is 1. The van der Waals surface area contributed by atoms with E-state index in [-0.39, 0.29) is 0 Å². The average Bonchev–Trinajstić information content (AvgIpc) is 2.24. The Bertz CT molecular complexity index is 564. The van der Waals surface area contributed by atoms with E-state index in [0.29, 0.717) is 17.1 Å². The van der Waals surface area contributed by atoms with Crippen LogP contribution in [0.3, 0.4) is 0 Å². The lowest BCUT2D eigenvalue weighted by atomic mass is 10.1. The Balaban J connectivity index is 2.70. The molecule has 0 radical (unpaired) electrons. The Morgan fingerprint density at radius 2 is 2.06 bits per heavy atom. The highest BCUT2D eigenvalue weighted by molar-refractivity contribution is 5.94. The second-order valence-corrected chi connectivity index (χ2v) is 3.55. The molecular formula is C12H12N2O2. The molecule has 16 heavy (non-hydrogen) atoms. The second kappa shape index (κ2) is 3.81. The van der Waals surface area contributed by atoms with Gasteiger partial charge in [0.05, 0.1) is 16.9 Å². The molecule has 82 valence electrons. The number of nitrogens with two attached hydrogens (primary N) is 1. The van der Waals surface area contributed by atoms with E-state index in [1.165, 1.54) is 6.92 Å². The van der Waals surface area contributed by atoms with Gasteiger partial charge in [-0.15, -0.1) is 0 Å². The van der Waals surface area contributed by atoms with Crippen molar-refractivity contribution in [3.63, 3.8) is 0 Å². The summed E-state index contributed by atoms with van der Waals surface area (Å²) in [6, 6.07) is 7.48. The van der Waals surface area contributed by atoms with Crippen molar-refractivity contribution in [2.75, 3.05) is 5.73 Å². The third-order valence-corrected chi connectivity index (χ3v) is 2.30. The third kappa shape index (κ3) is 1.69. The summed E-state index contributed by atoms with van der Waals surface area (Å²) in [5.41, 5.74) is 7.82. The number of aryl methyl sites for hydroxylation is 1. The van der Waals surface area contributed by atoms with Crippen LogP contribution in [0.5, 0.6) is 5.75 Å². The second-order valence-electron chi connectivity index (χ2n) is 3.55. The molecule has 0 bridgehead atoms. The van der Waals surface area contributed by atoms with Gasteiger partial charge in [-0.3, -0.25) is 4.79 Å². The summed E-state index contributed by atoms with van der Waals surface area (Å²) in [5.74, 6) is -0.0434. The van der Waals surface area contributed by atoms with E-state index in [4.69, 9.17) is 10.5 Å². The monoisotopic (exact) mass is 216 g/mol. The number of benzene rings is 1.